The number of ether oxygens (including phenoxy) is 1. The molecule has 0 amide bonds. The molecule has 0 aromatic heterocycles. The second kappa shape index (κ2) is 6.69. The molecular weight excluding hydrogens is 236 g/mol. The molecule has 0 unspecified atom stereocenters. The molecule has 1 rings (SSSR count). The highest BCUT2D eigenvalue weighted by atomic mass is 19.2. The number of halogens is 2. The SMILES string of the molecule is CC(C)(C)CCNCCOc1cccc(F)c1F. The zero-order valence-electron chi connectivity index (χ0n) is 11.2. The number of nitrogens with one attached hydrogen (secondary N) is 1. The van der Waals surface area contributed by atoms with Crippen molar-refractivity contribution < 1.29 is 13.5 Å². The molecule has 0 spiro atoms. The summed E-state index contributed by atoms with van der Waals surface area (Å²) in [6.45, 7) is 8.35. The second-order valence-corrected chi connectivity index (χ2v) is 5.46. The zero-order valence-corrected chi connectivity index (χ0v) is 11.2. The number of hydrogen-bond donors (Lipinski definition) is 1. The maximum atomic E-state index is 13.2. The average molecular weight is 257 g/mol. The lowest BCUT2D eigenvalue weighted by atomic mass is 9.92. The standard InChI is InChI=1S/C14H21F2NO/c1-14(2,3)7-8-17-9-10-18-12-6-4-5-11(15)13(12)16/h4-6,17H,7-10H2,1-3H3. The third kappa shape index (κ3) is 5.45. The van der Waals surface area contributed by atoms with Gasteiger partial charge in [-0.25, -0.2) is 4.39 Å². The molecule has 0 heterocycles. The van der Waals surface area contributed by atoms with Crippen LogP contribution in [0.1, 0.15) is 27.2 Å². The van der Waals surface area contributed by atoms with Gasteiger partial charge in [0.25, 0.3) is 0 Å². The van der Waals surface area contributed by atoms with Gasteiger partial charge in [-0.1, -0.05) is 26.8 Å². The van der Waals surface area contributed by atoms with E-state index in [2.05, 4.69) is 26.1 Å². The van der Waals surface area contributed by atoms with E-state index >= 15 is 0 Å². The molecule has 0 atom stereocenters. The lowest BCUT2D eigenvalue weighted by Crippen LogP contribution is -2.25. The Hall–Kier alpha value is -1.16. The Labute approximate surface area is 107 Å². The van der Waals surface area contributed by atoms with E-state index in [0.29, 0.717) is 18.6 Å². The first kappa shape index (κ1) is 14.9. The van der Waals surface area contributed by atoms with Crippen LogP contribution < -0.4 is 10.1 Å². The van der Waals surface area contributed by atoms with Gasteiger partial charge in [0, 0.05) is 6.54 Å². The lowest BCUT2D eigenvalue weighted by Gasteiger charge is -2.18. The Morgan fingerprint density at radius 1 is 1.17 bits per heavy atom. The minimum absolute atomic E-state index is 0.0346. The summed E-state index contributed by atoms with van der Waals surface area (Å²) < 4.78 is 31.3. The Kier molecular flexibility index (Phi) is 5.54. The van der Waals surface area contributed by atoms with Crippen molar-refractivity contribution in [3.63, 3.8) is 0 Å². The van der Waals surface area contributed by atoms with E-state index < -0.39 is 11.6 Å². The van der Waals surface area contributed by atoms with Gasteiger partial charge in [0.2, 0.25) is 5.82 Å². The van der Waals surface area contributed by atoms with Gasteiger partial charge < -0.3 is 10.1 Å². The zero-order chi connectivity index (χ0) is 13.6. The largest absolute Gasteiger partial charge is 0.489 e. The minimum Gasteiger partial charge on any atom is -0.489 e. The highest BCUT2D eigenvalue weighted by Crippen LogP contribution is 2.19. The Morgan fingerprint density at radius 2 is 1.89 bits per heavy atom. The number of hydrogen-bond acceptors (Lipinski definition) is 2. The number of benzene rings is 1. The Bertz CT molecular complexity index is 375. The van der Waals surface area contributed by atoms with Crippen molar-refractivity contribution in [1.29, 1.82) is 0 Å². The van der Waals surface area contributed by atoms with Crippen LogP contribution in [0.2, 0.25) is 0 Å². The van der Waals surface area contributed by atoms with E-state index in [4.69, 9.17) is 4.74 Å². The smallest absolute Gasteiger partial charge is 0.200 e. The summed E-state index contributed by atoms with van der Waals surface area (Å²) in [6.07, 6.45) is 1.06. The predicted molar refractivity (Wildman–Crippen MR) is 68.8 cm³/mol. The Balaban J connectivity index is 2.20. The van der Waals surface area contributed by atoms with E-state index in [-0.39, 0.29) is 5.75 Å². The summed E-state index contributed by atoms with van der Waals surface area (Å²) in [6, 6.07) is 3.93. The molecule has 1 aromatic rings. The summed E-state index contributed by atoms with van der Waals surface area (Å²) in [5.74, 6) is -1.84. The summed E-state index contributed by atoms with van der Waals surface area (Å²) in [4.78, 5) is 0. The summed E-state index contributed by atoms with van der Waals surface area (Å²) in [7, 11) is 0. The molecule has 0 aliphatic rings. The highest BCUT2D eigenvalue weighted by Gasteiger charge is 2.09. The van der Waals surface area contributed by atoms with Crippen molar-refractivity contribution in [3.05, 3.63) is 29.8 Å². The molecule has 0 bridgehead atoms. The molecule has 0 aliphatic carbocycles. The first-order chi connectivity index (χ1) is 8.40. The van der Waals surface area contributed by atoms with Crippen LogP contribution in [0.25, 0.3) is 0 Å². The van der Waals surface area contributed by atoms with Gasteiger partial charge >= 0.3 is 0 Å². The molecule has 1 aromatic carbocycles. The first-order valence-electron chi connectivity index (χ1n) is 6.18. The quantitative estimate of drug-likeness (QED) is 0.789. The van der Waals surface area contributed by atoms with E-state index in [1.165, 1.54) is 12.1 Å². The minimum atomic E-state index is -0.924. The van der Waals surface area contributed by atoms with Gasteiger partial charge in [-0.3, -0.25) is 0 Å². The molecule has 0 aliphatic heterocycles. The van der Waals surface area contributed by atoms with E-state index in [1.54, 1.807) is 0 Å². The fourth-order valence-electron chi connectivity index (χ4n) is 1.42. The van der Waals surface area contributed by atoms with Crippen molar-refractivity contribution in [2.45, 2.75) is 27.2 Å². The second-order valence-electron chi connectivity index (χ2n) is 5.46. The lowest BCUT2D eigenvalue weighted by molar-refractivity contribution is 0.287. The fraction of sp³-hybridized carbons (Fsp3) is 0.571. The fourth-order valence-corrected chi connectivity index (χ4v) is 1.42. The van der Waals surface area contributed by atoms with Crippen LogP contribution in [0.4, 0.5) is 8.78 Å². The topological polar surface area (TPSA) is 21.3 Å². The van der Waals surface area contributed by atoms with Crippen molar-refractivity contribution in [2.75, 3.05) is 19.7 Å². The molecular formula is C14H21F2NO. The predicted octanol–water partition coefficient (Wildman–Crippen LogP) is 3.37. The van der Waals surface area contributed by atoms with E-state index in [9.17, 15) is 8.78 Å². The molecule has 102 valence electrons. The van der Waals surface area contributed by atoms with Crippen molar-refractivity contribution >= 4 is 0 Å². The van der Waals surface area contributed by atoms with Crippen molar-refractivity contribution in [3.8, 4) is 5.75 Å². The van der Waals surface area contributed by atoms with E-state index in [1.807, 2.05) is 0 Å². The van der Waals surface area contributed by atoms with Crippen LogP contribution in [0.5, 0.6) is 5.75 Å². The maximum Gasteiger partial charge on any atom is 0.200 e. The molecule has 0 radical (unpaired) electrons. The first-order valence-corrected chi connectivity index (χ1v) is 6.18. The molecule has 0 saturated heterocycles. The molecule has 1 N–H and O–H groups in total. The van der Waals surface area contributed by atoms with Crippen LogP contribution in [-0.4, -0.2) is 19.7 Å². The third-order valence-electron chi connectivity index (χ3n) is 2.50. The summed E-state index contributed by atoms with van der Waals surface area (Å²) in [5.41, 5.74) is 0.294. The number of rotatable bonds is 6. The molecule has 2 nitrogen and oxygen atoms in total. The average Bonchev–Trinajstić information content (AvgIpc) is 2.27. The summed E-state index contributed by atoms with van der Waals surface area (Å²) >= 11 is 0. The molecule has 0 fully saturated rings. The van der Waals surface area contributed by atoms with Crippen LogP contribution in [0.3, 0.4) is 0 Å². The normalized spacial score (nSPS) is 11.6. The third-order valence-corrected chi connectivity index (χ3v) is 2.50. The molecule has 18 heavy (non-hydrogen) atoms. The van der Waals surface area contributed by atoms with Crippen molar-refractivity contribution in [1.82, 2.24) is 5.32 Å². The summed E-state index contributed by atoms with van der Waals surface area (Å²) in [5, 5.41) is 3.21. The Morgan fingerprint density at radius 3 is 2.56 bits per heavy atom. The molecule has 4 heteroatoms. The molecule has 0 saturated carbocycles. The van der Waals surface area contributed by atoms with Crippen LogP contribution >= 0.6 is 0 Å². The van der Waals surface area contributed by atoms with E-state index in [0.717, 1.165) is 19.0 Å². The highest BCUT2D eigenvalue weighted by molar-refractivity contribution is 5.24. The van der Waals surface area contributed by atoms with Gasteiger partial charge in [-0.05, 0) is 30.5 Å². The van der Waals surface area contributed by atoms with Gasteiger partial charge in [0.15, 0.2) is 11.6 Å². The maximum absolute atomic E-state index is 13.2. The van der Waals surface area contributed by atoms with Gasteiger partial charge in [-0.15, -0.1) is 0 Å². The monoisotopic (exact) mass is 257 g/mol. The van der Waals surface area contributed by atoms with Gasteiger partial charge in [0.05, 0.1) is 0 Å². The van der Waals surface area contributed by atoms with Gasteiger partial charge in [-0.2, -0.15) is 4.39 Å². The van der Waals surface area contributed by atoms with Crippen LogP contribution in [0.15, 0.2) is 18.2 Å². The van der Waals surface area contributed by atoms with Crippen LogP contribution in [-0.2, 0) is 0 Å². The van der Waals surface area contributed by atoms with Crippen molar-refractivity contribution in [2.24, 2.45) is 5.41 Å². The van der Waals surface area contributed by atoms with Crippen LogP contribution in [0, 0.1) is 17.0 Å². The van der Waals surface area contributed by atoms with Gasteiger partial charge in [0.1, 0.15) is 6.61 Å².